The molecule has 0 atom stereocenters. The number of allylic oxidation sites excluding steroid dienone is 6. The third-order valence-electron chi connectivity index (χ3n) is 13.1. The van der Waals surface area contributed by atoms with E-state index in [0.29, 0.717) is 37.4 Å². The lowest BCUT2D eigenvalue weighted by atomic mass is 9.80. The van der Waals surface area contributed by atoms with E-state index in [4.69, 9.17) is 9.47 Å². The third-order valence-corrected chi connectivity index (χ3v) is 13.1. The van der Waals surface area contributed by atoms with Crippen molar-refractivity contribution in [3.63, 3.8) is 0 Å². The summed E-state index contributed by atoms with van der Waals surface area (Å²) in [5.41, 5.74) is 3.22. The molecule has 1 N–H and O–H groups in total. The van der Waals surface area contributed by atoms with Gasteiger partial charge in [-0.2, -0.15) is 9.13 Å². The molecule has 1 aromatic carbocycles. The standard InChI is InChI=1S/C61H90N3O4.2BrH/c1-3-5-7-9-11-13-15-17-19-21-23-25-27-29-31-42-50-67-60(65)58-55(52-63-46-38-34-39-47-63)62-56(53-64-48-40-35-41-49-64)59(57(58)54-44-36-33-37-45-54)61(66)68-51-43-32-30-28-26-24-22-20-18-16-14-12-10-8-6-4-2;;/h17-20,33-41,44-49,57H,3-16,21-32,42-43,50-53H2,1-2H3;2*1H/q+1;;/p-1. The van der Waals surface area contributed by atoms with Crippen LogP contribution in [-0.2, 0) is 32.2 Å². The monoisotopic (exact) mass is 1090 g/mol. The highest BCUT2D eigenvalue weighted by molar-refractivity contribution is 6.00. The van der Waals surface area contributed by atoms with Gasteiger partial charge in [0.05, 0.1) is 41.7 Å². The first-order valence-electron chi connectivity index (χ1n) is 27.4. The van der Waals surface area contributed by atoms with Crippen LogP contribution in [-0.4, -0.2) is 25.2 Å². The number of hydrogen-bond donors (Lipinski definition) is 1. The minimum Gasteiger partial charge on any atom is -1.00 e. The first-order valence-corrected chi connectivity index (χ1v) is 27.4. The predicted octanol–water partition coefficient (Wildman–Crippen LogP) is 9.03. The van der Waals surface area contributed by atoms with Crippen molar-refractivity contribution in [2.45, 2.75) is 213 Å². The maximum atomic E-state index is 14.6. The minimum atomic E-state index is -0.671. The molecule has 3 aromatic rings. The molecule has 1 aliphatic heterocycles. The number of benzene rings is 1. The summed E-state index contributed by atoms with van der Waals surface area (Å²) in [5.74, 6) is -1.46. The number of nitrogens with zero attached hydrogens (tertiary/aromatic N) is 2. The summed E-state index contributed by atoms with van der Waals surface area (Å²) in [6.45, 7) is 6.03. The highest BCUT2D eigenvalue weighted by Crippen LogP contribution is 2.40. The van der Waals surface area contributed by atoms with Crippen LogP contribution in [0.5, 0.6) is 0 Å². The van der Waals surface area contributed by atoms with Gasteiger partial charge in [-0.1, -0.05) is 196 Å². The van der Waals surface area contributed by atoms with E-state index in [0.717, 1.165) is 68.3 Å². The number of unbranched alkanes of at least 4 members (excludes halogenated alkanes) is 24. The molecule has 0 unspecified atom stereocenters. The second kappa shape index (κ2) is 41.8. The van der Waals surface area contributed by atoms with Crippen molar-refractivity contribution in [1.29, 1.82) is 0 Å². The first kappa shape index (κ1) is 62.3. The van der Waals surface area contributed by atoms with Crippen LogP contribution in [0.15, 0.2) is 138 Å². The maximum Gasteiger partial charge on any atom is 0.337 e. The topological polar surface area (TPSA) is 72.4 Å². The number of dihydropyridines is 1. The van der Waals surface area contributed by atoms with Crippen molar-refractivity contribution in [2.24, 2.45) is 0 Å². The highest BCUT2D eigenvalue weighted by atomic mass is 79.9. The molecule has 0 fully saturated rings. The predicted molar refractivity (Wildman–Crippen MR) is 280 cm³/mol. The zero-order valence-corrected chi connectivity index (χ0v) is 46.6. The van der Waals surface area contributed by atoms with E-state index in [-0.39, 0.29) is 34.0 Å². The molecule has 7 nitrogen and oxygen atoms in total. The molecule has 0 spiro atoms. The molecule has 70 heavy (non-hydrogen) atoms. The van der Waals surface area contributed by atoms with E-state index in [2.05, 4.69) is 43.5 Å². The molecule has 0 saturated carbocycles. The average molecular weight is 1090 g/mol. The molecule has 0 radical (unpaired) electrons. The van der Waals surface area contributed by atoms with E-state index in [1.54, 1.807) is 0 Å². The van der Waals surface area contributed by atoms with Gasteiger partial charge in [0.2, 0.25) is 0 Å². The lowest BCUT2D eigenvalue weighted by molar-refractivity contribution is -0.692. The summed E-state index contributed by atoms with van der Waals surface area (Å²) in [6.07, 6.45) is 51.6. The number of carbonyl (C=O) groups is 2. The normalized spacial score (nSPS) is 13.6. The Balaban J connectivity index is 0.00000840. The Morgan fingerprint density at radius 2 is 0.757 bits per heavy atom. The van der Waals surface area contributed by atoms with Gasteiger partial charge >= 0.3 is 11.9 Å². The minimum absolute atomic E-state index is 0. The molecule has 0 saturated heterocycles. The molecule has 3 heterocycles. The molecule has 0 aliphatic carbocycles. The van der Waals surface area contributed by atoms with Gasteiger partial charge in [0.15, 0.2) is 37.9 Å². The van der Waals surface area contributed by atoms with Gasteiger partial charge in [-0.25, -0.2) is 9.59 Å². The fourth-order valence-corrected chi connectivity index (χ4v) is 9.15. The Hall–Kier alpha value is -3.82. The van der Waals surface area contributed by atoms with E-state index in [1.807, 2.05) is 101 Å². The van der Waals surface area contributed by atoms with Gasteiger partial charge in [-0.15, -0.1) is 0 Å². The molecule has 0 bridgehead atoms. The second-order valence-electron chi connectivity index (χ2n) is 19.0. The number of esters is 2. The number of aromatic nitrogens is 2. The zero-order chi connectivity index (χ0) is 48.0. The van der Waals surface area contributed by atoms with Gasteiger partial charge in [0.25, 0.3) is 0 Å². The van der Waals surface area contributed by atoms with Crippen LogP contribution in [0.1, 0.15) is 205 Å². The Kier molecular flexibility index (Phi) is 37.2. The second-order valence-corrected chi connectivity index (χ2v) is 19.0. The number of pyridine rings is 2. The van der Waals surface area contributed by atoms with Crippen LogP contribution in [0.3, 0.4) is 0 Å². The van der Waals surface area contributed by atoms with Gasteiger partial charge in [-0.3, -0.25) is 0 Å². The van der Waals surface area contributed by atoms with E-state index >= 15 is 0 Å². The highest BCUT2D eigenvalue weighted by Gasteiger charge is 2.41. The summed E-state index contributed by atoms with van der Waals surface area (Å²) in [5, 5.41) is 3.64. The third kappa shape index (κ3) is 26.6. The largest absolute Gasteiger partial charge is 1.00 e. The van der Waals surface area contributed by atoms with Crippen molar-refractivity contribution in [3.05, 3.63) is 144 Å². The molecular weight excluding hydrogens is 998 g/mol. The molecular formula is C61H91Br2N3O4. The average Bonchev–Trinajstić information content (AvgIpc) is 3.36. The molecule has 0 amide bonds. The summed E-state index contributed by atoms with van der Waals surface area (Å²) in [6, 6.07) is 21.8. The SMILES string of the molecule is CCCCCCCCC=CCCCCCCCCOC(=O)C1=C(C[n+]2ccccc2)NC(C[n+]2ccccc2)=C(C(=O)OCCCCCCCCC=CCCCCCCCC)C1c1ccccc1.[Br-].[Br-]. The van der Waals surface area contributed by atoms with Gasteiger partial charge < -0.3 is 48.8 Å². The smallest absolute Gasteiger partial charge is 0.337 e. The number of halogens is 2. The Morgan fingerprint density at radius 3 is 1.11 bits per heavy atom. The molecule has 2 aromatic heterocycles. The van der Waals surface area contributed by atoms with Crippen LogP contribution in [0, 0.1) is 0 Å². The van der Waals surface area contributed by atoms with Crippen molar-refractivity contribution < 1.29 is 62.2 Å². The number of ether oxygens (including phenoxy) is 2. The summed E-state index contributed by atoms with van der Waals surface area (Å²) in [4.78, 5) is 29.2. The lowest BCUT2D eigenvalue weighted by Gasteiger charge is -2.31. The Morgan fingerprint density at radius 1 is 0.443 bits per heavy atom. The Labute approximate surface area is 446 Å². The summed E-state index contributed by atoms with van der Waals surface area (Å²) >= 11 is 0. The lowest BCUT2D eigenvalue weighted by Crippen LogP contribution is -3.00. The van der Waals surface area contributed by atoms with E-state index in [1.165, 1.54) is 128 Å². The molecule has 9 heteroatoms. The fraction of sp³-hybridized carbons (Fsp3) is 0.574. The molecule has 4 rings (SSSR count). The number of carbonyl (C=O) groups excluding carboxylic acids is 2. The van der Waals surface area contributed by atoms with E-state index < -0.39 is 17.9 Å². The van der Waals surface area contributed by atoms with Crippen molar-refractivity contribution in [3.8, 4) is 0 Å². The van der Waals surface area contributed by atoms with Crippen LogP contribution >= 0.6 is 0 Å². The van der Waals surface area contributed by atoms with Gasteiger partial charge in [0, 0.05) is 24.3 Å². The molecule has 1 aliphatic rings. The van der Waals surface area contributed by atoms with Gasteiger partial charge in [-0.05, 0) is 69.8 Å². The first-order chi connectivity index (χ1) is 33.6. The van der Waals surface area contributed by atoms with Crippen LogP contribution in [0.4, 0.5) is 0 Å². The number of rotatable bonds is 39. The van der Waals surface area contributed by atoms with Crippen LogP contribution < -0.4 is 48.4 Å². The summed E-state index contributed by atoms with van der Waals surface area (Å²) < 4.78 is 16.4. The zero-order valence-electron chi connectivity index (χ0n) is 43.5. The van der Waals surface area contributed by atoms with Crippen LogP contribution in [0.25, 0.3) is 0 Å². The van der Waals surface area contributed by atoms with Crippen LogP contribution in [0.2, 0.25) is 0 Å². The van der Waals surface area contributed by atoms with Gasteiger partial charge in [0.1, 0.15) is 0 Å². The van der Waals surface area contributed by atoms with E-state index in [9.17, 15) is 9.59 Å². The maximum absolute atomic E-state index is 14.6. The number of nitrogens with one attached hydrogen (secondary N) is 1. The fourth-order valence-electron chi connectivity index (χ4n) is 9.15. The van der Waals surface area contributed by atoms with Crippen molar-refractivity contribution in [2.75, 3.05) is 13.2 Å². The van der Waals surface area contributed by atoms with Crippen molar-refractivity contribution in [1.82, 2.24) is 5.32 Å². The van der Waals surface area contributed by atoms with Crippen molar-refractivity contribution >= 4 is 11.9 Å². The Bertz CT molecular complexity index is 1780. The quantitative estimate of drug-likeness (QED) is 0.0268. The molecule has 388 valence electrons. The number of hydrogen-bond acceptors (Lipinski definition) is 5. The summed E-state index contributed by atoms with van der Waals surface area (Å²) in [7, 11) is 0.